The highest BCUT2D eigenvalue weighted by atomic mass is 32.2. The quantitative estimate of drug-likeness (QED) is 0.685. The monoisotopic (exact) mass is 331 g/mol. The van der Waals surface area contributed by atoms with E-state index in [0.717, 1.165) is 16.7 Å². The van der Waals surface area contributed by atoms with Crippen LogP contribution in [-0.4, -0.2) is 18.4 Å². The minimum atomic E-state index is -3.55. The van der Waals surface area contributed by atoms with Gasteiger partial charge < -0.3 is 9.97 Å². The molecule has 0 saturated heterocycles. The molecule has 0 aliphatic heterocycles. The number of hydrogen-bond donors (Lipinski definition) is 3. The Morgan fingerprint density at radius 1 is 1.00 bits per heavy atom. The second kappa shape index (κ2) is 5.58. The van der Waals surface area contributed by atoms with Crippen LogP contribution in [0.3, 0.4) is 0 Å². The molecule has 0 atom stereocenters. The van der Waals surface area contributed by atoms with E-state index in [-0.39, 0.29) is 11.4 Å². The summed E-state index contributed by atoms with van der Waals surface area (Å²) >= 11 is 0. The summed E-state index contributed by atoms with van der Waals surface area (Å²) in [5, 5.41) is 0. The lowest BCUT2D eigenvalue weighted by Gasteiger charge is -2.12. The van der Waals surface area contributed by atoms with E-state index in [1.165, 1.54) is 0 Å². The van der Waals surface area contributed by atoms with Crippen LogP contribution in [0.1, 0.15) is 16.7 Å². The van der Waals surface area contributed by atoms with E-state index in [4.69, 9.17) is 0 Å². The normalized spacial score (nSPS) is 11.7. The molecule has 0 unspecified atom stereocenters. The number of H-pyrrole nitrogens is 2. The number of aromatic nitrogens is 2. The number of aromatic amines is 2. The molecule has 3 aromatic rings. The van der Waals surface area contributed by atoms with Gasteiger partial charge in [-0.05, 0) is 42.7 Å². The highest BCUT2D eigenvalue weighted by molar-refractivity contribution is 7.91. The average molecular weight is 331 g/mol. The maximum atomic E-state index is 12.4. The number of anilines is 1. The molecular weight excluding hydrogens is 314 g/mol. The first kappa shape index (κ1) is 15.4. The van der Waals surface area contributed by atoms with Crippen LogP contribution >= 0.6 is 0 Å². The second-order valence-corrected chi connectivity index (χ2v) is 7.30. The lowest BCUT2D eigenvalue weighted by atomic mass is 10.1. The van der Waals surface area contributed by atoms with E-state index in [1.807, 2.05) is 25.1 Å². The SMILES string of the molecule is Cc1ccccc1CS(=O)(=O)Nc1cc2[nH]c(=O)[nH]c2cc1C. The fourth-order valence-corrected chi connectivity index (χ4v) is 3.84. The summed E-state index contributed by atoms with van der Waals surface area (Å²) < 4.78 is 27.4. The van der Waals surface area contributed by atoms with Crippen LogP contribution in [0.15, 0.2) is 41.2 Å². The number of nitrogens with one attached hydrogen (secondary N) is 3. The van der Waals surface area contributed by atoms with Crippen molar-refractivity contribution in [3.8, 4) is 0 Å². The molecule has 0 aliphatic rings. The third kappa shape index (κ3) is 3.29. The summed E-state index contributed by atoms with van der Waals surface area (Å²) in [4.78, 5) is 16.6. The standard InChI is InChI=1S/C16H17N3O3S/c1-10-5-3-4-6-12(10)9-23(21,22)19-13-8-15-14(7-11(13)2)17-16(20)18-15/h3-8,19H,9H2,1-2H3,(H2,17,18,20). The van der Waals surface area contributed by atoms with Crippen molar-refractivity contribution in [3.05, 3.63) is 63.6 Å². The highest BCUT2D eigenvalue weighted by Crippen LogP contribution is 2.22. The molecule has 0 spiro atoms. The third-order valence-corrected chi connectivity index (χ3v) is 4.96. The van der Waals surface area contributed by atoms with E-state index >= 15 is 0 Å². The Balaban J connectivity index is 1.92. The molecule has 0 aliphatic carbocycles. The minimum absolute atomic E-state index is 0.0964. The molecule has 3 N–H and O–H groups in total. The largest absolute Gasteiger partial charge is 0.323 e. The number of aryl methyl sites for hydroxylation is 2. The number of rotatable bonds is 4. The molecule has 0 amide bonds. The van der Waals surface area contributed by atoms with Crippen molar-refractivity contribution in [2.75, 3.05) is 4.72 Å². The molecule has 0 saturated carbocycles. The van der Waals surface area contributed by atoms with Crippen LogP contribution in [-0.2, 0) is 15.8 Å². The summed E-state index contributed by atoms with van der Waals surface area (Å²) in [6, 6.07) is 10.7. The van der Waals surface area contributed by atoms with E-state index < -0.39 is 10.0 Å². The Labute approximate surface area is 133 Å². The lowest BCUT2D eigenvalue weighted by molar-refractivity contribution is 0.600. The summed E-state index contributed by atoms with van der Waals surface area (Å²) in [6.07, 6.45) is 0. The Bertz CT molecular complexity index is 1030. The van der Waals surface area contributed by atoms with Gasteiger partial charge in [0.25, 0.3) is 0 Å². The van der Waals surface area contributed by atoms with Crippen LogP contribution in [0.2, 0.25) is 0 Å². The molecule has 23 heavy (non-hydrogen) atoms. The van der Waals surface area contributed by atoms with E-state index in [2.05, 4.69) is 14.7 Å². The van der Waals surface area contributed by atoms with Gasteiger partial charge in [-0.25, -0.2) is 13.2 Å². The van der Waals surface area contributed by atoms with Crippen molar-refractivity contribution in [1.29, 1.82) is 0 Å². The number of imidazole rings is 1. The van der Waals surface area contributed by atoms with Crippen LogP contribution in [0.25, 0.3) is 11.0 Å². The smallest absolute Gasteiger partial charge is 0.306 e. The van der Waals surface area contributed by atoms with Gasteiger partial charge in [0.05, 0.1) is 22.5 Å². The summed E-state index contributed by atoms with van der Waals surface area (Å²) in [7, 11) is -3.55. The number of fused-ring (bicyclic) bond motifs is 1. The zero-order chi connectivity index (χ0) is 16.6. The molecule has 0 radical (unpaired) electrons. The zero-order valence-corrected chi connectivity index (χ0v) is 13.6. The van der Waals surface area contributed by atoms with Gasteiger partial charge in [0.1, 0.15) is 0 Å². The Morgan fingerprint density at radius 2 is 1.65 bits per heavy atom. The third-order valence-electron chi connectivity index (χ3n) is 3.73. The van der Waals surface area contributed by atoms with Gasteiger partial charge in [-0.3, -0.25) is 4.72 Å². The van der Waals surface area contributed by atoms with Gasteiger partial charge in [-0.2, -0.15) is 0 Å². The molecule has 6 nitrogen and oxygen atoms in total. The molecule has 7 heteroatoms. The molecule has 3 rings (SSSR count). The van der Waals surface area contributed by atoms with Crippen LogP contribution in [0.5, 0.6) is 0 Å². The predicted molar refractivity (Wildman–Crippen MR) is 91.1 cm³/mol. The second-order valence-electron chi connectivity index (χ2n) is 5.58. The lowest BCUT2D eigenvalue weighted by Crippen LogP contribution is -2.16. The summed E-state index contributed by atoms with van der Waals surface area (Å²) in [6.45, 7) is 3.67. The van der Waals surface area contributed by atoms with Crippen molar-refractivity contribution in [1.82, 2.24) is 9.97 Å². The molecule has 0 bridgehead atoms. The molecular formula is C16H17N3O3S. The van der Waals surface area contributed by atoms with Crippen LogP contribution < -0.4 is 10.4 Å². The Hall–Kier alpha value is -2.54. The van der Waals surface area contributed by atoms with Crippen molar-refractivity contribution in [2.24, 2.45) is 0 Å². The van der Waals surface area contributed by atoms with Gasteiger partial charge in [0.15, 0.2) is 0 Å². The maximum absolute atomic E-state index is 12.4. The van der Waals surface area contributed by atoms with Crippen molar-refractivity contribution in [2.45, 2.75) is 19.6 Å². The summed E-state index contributed by atoms with van der Waals surface area (Å²) in [5.74, 6) is -0.0964. The molecule has 1 aromatic heterocycles. The molecule has 2 aromatic carbocycles. The van der Waals surface area contributed by atoms with Crippen LogP contribution in [0.4, 0.5) is 5.69 Å². The van der Waals surface area contributed by atoms with E-state index in [0.29, 0.717) is 16.7 Å². The first-order valence-electron chi connectivity index (χ1n) is 7.12. The number of sulfonamides is 1. The molecule has 1 heterocycles. The average Bonchev–Trinajstić information content (AvgIpc) is 2.80. The van der Waals surface area contributed by atoms with Crippen molar-refractivity contribution < 1.29 is 8.42 Å². The van der Waals surface area contributed by atoms with Gasteiger partial charge >= 0.3 is 5.69 Å². The number of hydrogen-bond acceptors (Lipinski definition) is 3. The van der Waals surface area contributed by atoms with Crippen molar-refractivity contribution in [3.63, 3.8) is 0 Å². The van der Waals surface area contributed by atoms with Crippen LogP contribution in [0, 0.1) is 13.8 Å². The van der Waals surface area contributed by atoms with Gasteiger partial charge in [-0.15, -0.1) is 0 Å². The fourth-order valence-electron chi connectivity index (χ4n) is 2.48. The van der Waals surface area contributed by atoms with Gasteiger partial charge in [0, 0.05) is 0 Å². The molecule has 120 valence electrons. The first-order valence-corrected chi connectivity index (χ1v) is 8.77. The fraction of sp³-hybridized carbons (Fsp3) is 0.188. The topological polar surface area (TPSA) is 94.8 Å². The van der Waals surface area contributed by atoms with E-state index in [9.17, 15) is 13.2 Å². The highest BCUT2D eigenvalue weighted by Gasteiger charge is 2.15. The predicted octanol–water partition coefficient (Wildman–Crippen LogP) is 2.41. The Kier molecular flexibility index (Phi) is 3.73. The Morgan fingerprint density at radius 3 is 2.35 bits per heavy atom. The number of benzene rings is 2. The maximum Gasteiger partial charge on any atom is 0.323 e. The zero-order valence-electron chi connectivity index (χ0n) is 12.8. The van der Waals surface area contributed by atoms with Gasteiger partial charge in [-0.1, -0.05) is 24.3 Å². The first-order chi connectivity index (χ1) is 10.8. The van der Waals surface area contributed by atoms with Gasteiger partial charge in [0.2, 0.25) is 10.0 Å². The minimum Gasteiger partial charge on any atom is -0.306 e. The molecule has 0 fully saturated rings. The summed E-state index contributed by atoms with van der Waals surface area (Å²) in [5.41, 5.74) is 3.78. The van der Waals surface area contributed by atoms with E-state index in [1.54, 1.807) is 25.1 Å². The van der Waals surface area contributed by atoms with Crippen molar-refractivity contribution >= 4 is 26.7 Å².